The fourth-order valence-electron chi connectivity index (χ4n) is 12.2. The Hall–Kier alpha value is -10.4. The maximum absolute atomic E-state index is 5.48. The van der Waals surface area contributed by atoms with Gasteiger partial charge in [-0.05, 0) is 84.9 Å². The third kappa shape index (κ3) is 6.20. The van der Waals surface area contributed by atoms with Gasteiger partial charge in [0, 0.05) is 82.5 Å². The van der Waals surface area contributed by atoms with E-state index in [4.69, 9.17) is 15.0 Å². The normalized spacial score (nSPS) is 11.9. The average molecular weight is 970 g/mol. The number of hydrogen-bond acceptors (Lipinski definition) is 3. The first-order chi connectivity index (χ1) is 37.7. The molecule has 0 N–H and O–H groups in total. The van der Waals surface area contributed by atoms with Gasteiger partial charge in [0.1, 0.15) is 0 Å². The molecule has 0 spiro atoms. The largest absolute Gasteiger partial charge is 0.309 e. The van der Waals surface area contributed by atoms with Crippen LogP contribution in [0.25, 0.3) is 144 Å². The summed E-state index contributed by atoms with van der Waals surface area (Å²) in [5.74, 6) is 1.82. The first kappa shape index (κ1) is 42.2. The topological polar surface area (TPSA) is 58.4 Å². The second-order valence-electron chi connectivity index (χ2n) is 19.5. The van der Waals surface area contributed by atoms with Crippen molar-refractivity contribution >= 4 is 87.2 Å². The molecule has 7 nitrogen and oxygen atoms in total. The molecule has 76 heavy (non-hydrogen) atoms. The van der Waals surface area contributed by atoms with E-state index in [-0.39, 0.29) is 0 Å². The van der Waals surface area contributed by atoms with Crippen LogP contribution in [0.1, 0.15) is 0 Å². The number of rotatable bonds is 7. The molecule has 0 amide bonds. The highest BCUT2D eigenvalue weighted by Crippen LogP contribution is 2.48. The number of nitrogens with zero attached hydrogens (tertiary/aromatic N) is 7. The van der Waals surface area contributed by atoms with Crippen molar-refractivity contribution in [1.29, 1.82) is 0 Å². The van der Waals surface area contributed by atoms with E-state index >= 15 is 0 Å². The van der Waals surface area contributed by atoms with Crippen molar-refractivity contribution in [2.75, 3.05) is 0 Å². The Bertz CT molecular complexity index is 4900. The van der Waals surface area contributed by atoms with Gasteiger partial charge in [-0.3, -0.25) is 0 Å². The van der Waals surface area contributed by atoms with E-state index in [9.17, 15) is 0 Å². The lowest BCUT2D eigenvalue weighted by Gasteiger charge is -2.15. The molecule has 11 aromatic carbocycles. The van der Waals surface area contributed by atoms with Crippen molar-refractivity contribution in [2.45, 2.75) is 0 Å². The van der Waals surface area contributed by atoms with Crippen molar-refractivity contribution in [3.8, 4) is 56.9 Å². The Morgan fingerprint density at radius 1 is 0.224 bits per heavy atom. The van der Waals surface area contributed by atoms with Gasteiger partial charge in [-0.2, -0.15) is 0 Å². The van der Waals surface area contributed by atoms with Crippen LogP contribution in [-0.2, 0) is 0 Å². The van der Waals surface area contributed by atoms with Crippen LogP contribution in [0.15, 0.2) is 261 Å². The summed E-state index contributed by atoms with van der Waals surface area (Å²) in [5, 5.41) is 9.26. The summed E-state index contributed by atoms with van der Waals surface area (Å²) in [6.07, 6.45) is 0. The van der Waals surface area contributed by atoms with Gasteiger partial charge in [-0.1, -0.05) is 176 Å². The van der Waals surface area contributed by atoms with Crippen LogP contribution in [0.3, 0.4) is 0 Å². The molecule has 0 saturated carbocycles. The molecule has 5 heterocycles. The monoisotopic (exact) mass is 969 g/mol. The van der Waals surface area contributed by atoms with E-state index < -0.39 is 0 Å². The number of para-hydroxylation sites is 6. The number of hydrogen-bond donors (Lipinski definition) is 0. The molecular formula is C69H43N7. The van der Waals surface area contributed by atoms with Gasteiger partial charge in [0.05, 0.1) is 44.1 Å². The Morgan fingerprint density at radius 2 is 0.632 bits per heavy atom. The summed E-state index contributed by atoms with van der Waals surface area (Å²) in [7, 11) is 0. The molecule has 0 aliphatic rings. The van der Waals surface area contributed by atoms with Gasteiger partial charge in [0.15, 0.2) is 17.5 Å². The zero-order valence-corrected chi connectivity index (χ0v) is 41.0. The zero-order chi connectivity index (χ0) is 49.8. The van der Waals surface area contributed by atoms with E-state index in [0.29, 0.717) is 17.5 Å². The van der Waals surface area contributed by atoms with Crippen LogP contribution >= 0.6 is 0 Å². The first-order valence-electron chi connectivity index (χ1n) is 25.8. The van der Waals surface area contributed by atoms with Crippen LogP contribution < -0.4 is 0 Å². The minimum atomic E-state index is 0.594. The van der Waals surface area contributed by atoms with E-state index in [1.807, 2.05) is 36.4 Å². The number of aromatic nitrogens is 7. The molecule has 0 atom stereocenters. The van der Waals surface area contributed by atoms with Crippen LogP contribution in [0.4, 0.5) is 0 Å². The second kappa shape index (κ2) is 16.6. The summed E-state index contributed by atoms with van der Waals surface area (Å²) >= 11 is 0. The van der Waals surface area contributed by atoms with Gasteiger partial charge in [0.2, 0.25) is 0 Å². The summed E-state index contributed by atoms with van der Waals surface area (Å²) in [5.41, 5.74) is 16.0. The fraction of sp³-hybridized carbons (Fsp3) is 0. The van der Waals surface area contributed by atoms with Crippen molar-refractivity contribution in [3.63, 3.8) is 0 Å². The molecule has 0 bridgehead atoms. The smallest absolute Gasteiger partial charge is 0.166 e. The molecular weight excluding hydrogens is 927 g/mol. The molecule has 16 rings (SSSR count). The van der Waals surface area contributed by atoms with Crippen molar-refractivity contribution in [3.05, 3.63) is 261 Å². The Labute approximate surface area is 436 Å². The highest BCUT2D eigenvalue weighted by molar-refractivity contribution is 6.30. The molecule has 16 aromatic rings. The highest BCUT2D eigenvalue weighted by Gasteiger charge is 2.28. The predicted molar refractivity (Wildman–Crippen MR) is 313 cm³/mol. The lowest BCUT2D eigenvalue weighted by Crippen LogP contribution is -2.03. The molecule has 0 saturated heterocycles. The van der Waals surface area contributed by atoms with E-state index in [1.165, 1.54) is 27.2 Å². The molecule has 5 aromatic heterocycles. The van der Waals surface area contributed by atoms with Gasteiger partial charge < -0.3 is 18.3 Å². The quantitative estimate of drug-likeness (QED) is 0.160. The van der Waals surface area contributed by atoms with Gasteiger partial charge in [-0.25, -0.2) is 15.0 Å². The summed E-state index contributed by atoms with van der Waals surface area (Å²) in [6, 6.07) is 93.3. The third-order valence-electron chi connectivity index (χ3n) is 15.4. The van der Waals surface area contributed by atoms with Crippen LogP contribution in [0, 0.1) is 0 Å². The summed E-state index contributed by atoms with van der Waals surface area (Å²) < 4.78 is 9.81. The first-order valence-corrected chi connectivity index (χ1v) is 25.8. The number of benzene rings is 11. The SMILES string of the molecule is c1ccc(-c2nc(-c3ccccc3)nc(-c3cc4c5ccccc5n(-c5ccccc5)c4c4c5ccccc5n(-c5ccc6c(c5)c5c(ccc7c8ccccc8n(-c8ccccc8)c75)n6-c5ccccc5)c34)n2)cc1. The van der Waals surface area contributed by atoms with Gasteiger partial charge in [-0.15, -0.1) is 0 Å². The standard InChI is InChI=1S/C69H43N7/c1-6-22-44(23-7-1)67-70-68(45-24-8-2-9-25-45)72-69(71-67)56-43-54-51-33-17-20-36-58(51)75(48-30-14-5-15-31-48)65(54)63-53-34-18-21-37-59(53)76(66(56)63)49-38-40-60-55(42-49)62-61(73(60)46-26-10-3-11-27-46)41-39-52-50-32-16-19-35-57(50)74(64(52)62)47-28-12-4-13-29-47/h1-43H. The van der Waals surface area contributed by atoms with Crippen molar-refractivity contribution in [1.82, 2.24) is 33.2 Å². The minimum absolute atomic E-state index is 0.594. The Morgan fingerprint density at radius 3 is 1.20 bits per heavy atom. The summed E-state index contributed by atoms with van der Waals surface area (Å²) in [4.78, 5) is 16.1. The lowest BCUT2D eigenvalue weighted by molar-refractivity contribution is 1.07. The van der Waals surface area contributed by atoms with Gasteiger partial charge >= 0.3 is 0 Å². The maximum atomic E-state index is 5.48. The van der Waals surface area contributed by atoms with E-state index in [0.717, 1.165) is 99.5 Å². The maximum Gasteiger partial charge on any atom is 0.166 e. The minimum Gasteiger partial charge on any atom is -0.309 e. The van der Waals surface area contributed by atoms with Crippen LogP contribution in [-0.4, -0.2) is 33.2 Å². The molecule has 7 heteroatoms. The molecule has 0 unspecified atom stereocenters. The van der Waals surface area contributed by atoms with E-state index in [2.05, 4.69) is 243 Å². The second-order valence-corrected chi connectivity index (χ2v) is 19.5. The molecule has 0 aliphatic carbocycles. The average Bonchev–Trinajstić information content (AvgIpc) is 4.24. The van der Waals surface area contributed by atoms with Crippen molar-refractivity contribution < 1.29 is 0 Å². The molecule has 0 radical (unpaired) electrons. The molecule has 354 valence electrons. The lowest BCUT2D eigenvalue weighted by atomic mass is 10.0. The molecule has 0 aliphatic heterocycles. The third-order valence-corrected chi connectivity index (χ3v) is 15.4. The fourth-order valence-corrected chi connectivity index (χ4v) is 12.2. The van der Waals surface area contributed by atoms with Gasteiger partial charge in [0.25, 0.3) is 0 Å². The van der Waals surface area contributed by atoms with Crippen LogP contribution in [0.2, 0.25) is 0 Å². The zero-order valence-electron chi connectivity index (χ0n) is 41.0. The number of fused-ring (bicyclic) bond motifs is 14. The highest BCUT2D eigenvalue weighted by atomic mass is 15.1. The molecule has 0 fully saturated rings. The predicted octanol–water partition coefficient (Wildman–Crippen LogP) is 17.3. The Balaban J connectivity index is 1.10. The van der Waals surface area contributed by atoms with E-state index in [1.54, 1.807) is 0 Å². The van der Waals surface area contributed by atoms with Crippen molar-refractivity contribution in [2.24, 2.45) is 0 Å². The Kier molecular flexibility index (Phi) is 9.20. The summed E-state index contributed by atoms with van der Waals surface area (Å²) in [6.45, 7) is 0. The van der Waals surface area contributed by atoms with Crippen LogP contribution in [0.5, 0.6) is 0 Å².